The maximum absolute atomic E-state index is 13.1. The van der Waals surface area contributed by atoms with Gasteiger partial charge < -0.3 is 15.4 Å². The summed E-state index contributed by atoms with van der Waals surface area (Å²) in [6.45, 7) is 6.18. The van der Waals surface area contributed by atoms with E-state index in [9.17, 15) is 4.79 Å². The summed E-state index contributed by atoms with van der Waals surface area (Å²) in [5, 5.41) is 12.1. The molecule has 0 radical (unpaired) electrons. The van der Waals surface area contributed by atoms with Crippen LogP contribution in [0.15, 0.2) is 30.5 Å². The zero-order valence-corrected chi connectivity index (χ0v) is 18.7. The zero-order chi connectivity index (χ0) is 20.4. The van der Waals surface area contributed by atoms with E-state index in [0.717, 1.165) is 64.3 Å². The van der Waals surface area contributed by atoms with Crippen molar-refractivity contribution in [3.05, 3.63) is 45.3 Å². The van der Waals surface area contributed by atoms with Crippen LogP contribution in [0.4, 0.5) is 11.4 Å². The number of ether oxygens (including phenoxy) is 1. The summed E-state index contributed by atoms with van der Waals surface area (Å²) in [4.78, 5) is 17.7. The second kappa shape index (κ2) is 8.66. The van der Waals surface area contributed by atoms with Crippen molar-refractivity contribution in [3.8, 4) is 0 Å². The smallest absolute Gasteiger partial charge is 0.259 e. The first-order chi connectivity index (χ1) is 14.1. The van der Waals surface area contributed by atoms with Gasteiger partial charge in [0, 0.05) is 41.3 Å². The van der Waals surface area contributed by atoms with E-state index in [1.807, 2.05) is 42.8 Å². The number of carbonyl (C=O) groups is 1. The van der Waals surface area contributed by atoms with Gasteiger partial charge in [-0.15, -0.1) is 0 Å². The zero-order valence-electron chi connectivity index (χ0n) is 16.5. The molecule has 0 saturated carbocycles. The summed E-state index contributed by atoms with van der Waals surface area (Å²) in [7, 11) is 0. The van der Waals surface area contributed by atoms with Gasteiger partial charge in [0.2, 0.25) is 0 Å². The Bertz CT molecular complexity index is 1030. The maximum Gasteiger partial charge on any atom is 0.259 e. The van der Waals surface area contributed by atoms with Crippen molar-refractivity contribution in [3.63, 3.8) is 0 Å². The van der Waals surface area contributed by atoms with Crippen LogP contribution in [0.25, 0.3) is 11.0 Å². The molecule has 1 aromatic carbocycles. The van der Waals surface area contributed by atoms with Crippen LogP contribution in [0.3, 0.4) is 0 Å². The molecule has 29 heavy (non-hydrogen) atoms. The molecule has 2 N–H and O–H groups in total. The van der Waals surface area contributed by atoms with Gasteiger partial charge in [0.15, 0.2) is 5.65 Å². The lowest BCUT2D eigenvalue weighted by molar-refractivity contribution is 0.0904. The third-order valence-corrected chi connectivity index (χ3v) is 5.87. The number of nitrogens with zero attached hydrogens (tertiary/aromatic N) is 3. The molecule has 8 heteroatoms. The standard InChI is InChI=1S/C21H24IN5O2/c1-3-27-20-18(13(2)26-27)19(24-16-8-10-29-11-9-16)17(12-23-20)21(28)25-15-6-4-14(22)5-7-15/h4-7,12,16H,3,8-11H2,1-2H3,(H,23,24)(H,25,28). The van der Waals surface area contributed by atoms with E-state index in [0.29, 0.717) is 5.56 Å². The van der Waals surface area contributed by atoms with Crippen LogP contribution in [0, 0.1) is 10.5 Å². The topological polar surface area (TPSA) is 81.1 Å². The highest BCUT2D eigenvalue weighted by Gasteiger charge is 2.23. The summed E-state index contributed by atoms with van der Waals surface area (Å²) >= 11 is 2.24. The number of hydrogen-bond acceptors (Lipinski definition) is 5. The number of benzene rings is 1. The minimum absolute atomic E-state index is 0.182. The predicted molar refractivity (Wildman–Crippen MR) is 123 cm³/mol. The average molecular weight is 505 g/mol. The summed E-state index contributed by atoms with van der Waals surface area (Å²) in [6, 6.07) is 7.99. The van der Waals surface area contributed by atoms with Gasteiger partial charge in [0.25, 0.3) is 5.91 Å². The molecule has 1 amide bonds. The molecular formula is C21H24IN5O2. The normalized spacial score (nSPS) is 14.9. The van der Waals surface area contributed by atoms with Gasteiger partial charge in [0.1, 0.15) is 0 Å². The number of pyridine rings is 1. The minimum Gasteiger partial charge on any atom is -0.381 e. The Morgan fingerprint density at radius 2 is 2.00 bits per heavy atom. The molecule has 4 rings (SSSR count). The van der Waals surface area contributed by atoms with Gasteiger partial charge in [0.05, 0.1) is 22.3 Å². The molecule has 1 fully saturated rings. The summed E-state index contributed by atoms with van der Waals surface area (Å²) < 4.78 is 8.48. The Labute approximate surface area is 183 Å². The Morgan fingerprint density at radius 3 is 2.69 bits per heavy atom. The van der Waals surface area contributed by atoms with E-state index >= 15 is 0 Å². The molecule has 1 saturated heterocycles. The van der Waals surface area contributed by atoms with Gasteiger partial charge in [-0.2, -0.15) is 5.10 Å². The number of rotatable bonds is 5. The molecule has 7 nitrogen and oxygen atoms in total. The van der Waals surface area contributed by atoms with Crippen molar-refractivity contribution < 1.29 is 9.53 Å². The number of aromatic nitrogens is 3. The molecule has 152 valence electrons. The summed E-state index contributed by atoms with van der Waals surface area (Å²) in [5.41, 5.74) is 3.76. The lowest BCUT2D eigenvalue weighted by atomic mass is 10.1. The van der Waals surface area contributed by atoms with Gasteiger partial charge >= 0.3 is 0 Å². The quantitative estimate of drug-likeness (QED) is 0.508. The van der Waals surface area contributed by atoms with Crippen molar-refractivity contribution in [2.24, 2.45) is 0 Å². The highest BCUT2D eigenvalue weighted by molar-refractivity contribution is 14.1. The van der Waals surface area contributed by atoms with Crippen LogP contribution < -0.4 is 10.6 Å². The average Bonchev–Trinajstić information content (AvgIpc) is 3.07. The van der Waals surface area contributed by atoms with E-state index in [-0.39, 0.29) is 11.9 Å². The predicted octanol–water partition coefficient (Wildman–Crippen LogP) is 4.21. The van der Waals surface area contributed by atoms with E-state index in [2.05, 4.69) is 43.3 Å². The van der Waals surface area contributed by atoms with Crippen LogP contribution in [0.1, 0.15) is 35.8 Å². The minimum atomic E-state index is -0.182. The SMILES string of the molecule is CCn1nc(C)c2c(NC3CCOCC3)c(C(=O)Nc3ccc(I)cc3)cnc21. The molecular weight excluding hydrogens is 481 g/mol. The number of aryl methyl sites for hydroxylation is 2. The second-order valence-corrected chi connectivity index (χ2v) is 8.38. The second-order valence-electron chi connectivity index (χ2n) is 7.14. The molecule has 3 aromatic rings. The lowest BCUT2D eigenvalue weighted by Crippen LogP contribution is -2.29. The van der Waals surface area contributed by atoms with Gasteiger partial charge in [-0.3, -0.25) is 4.79 Å². The van der Waals surface area contributed by atoms with E-state index < -0.39 is 0 Å². The van der Waals surface area contributed by atoms with E-state index in [1.165, 1.54) is 0 Å². The highest BCUT2D eigenvalue weighted by Crippen LogP contribution is 2.31. The van der Waals surface area contributed by atoms with E-state index in [4.69, 9.17) is 4.74 Å². The first-order valence-corrected chi connectivity index (χ1v) is 10.9. The number of hydrogen-bond donors (Lipinski definition) is 2. The van der Waals surface area contributed by atoms with Gasteiger partial charge in [-0.05, 0) is 73.5 Å². The van der Waals surface area contributed by atoms with Crippen LogP contribution in [-0.4, -0.2) is 39.9 Å². The van der Waals surface area contributed by atoms with Crippen molar-refractivity contribution in [2.75, 3.05) is 23.8 Å². The Hall–Kier alpha value is -2.20. The number of halogens is 1. The molecule has 3 heterocycles. The number of nitrogens with one attached hydrogen (secondary N) is 2. The third kappa shape index (κ3) is 4.23. The van der Waals surface area contributed by atoms with Crippen molar-refractivity contribution >= 4 is 50.9 Å². The molecule has 0 atom stereocenters. The van der Waals surface area contributed by atoms with Crippen LogP contribution in [-0.2, 0) is 11.3 Å². The van der Waals surface area contributed by atoms with Gasteiger partial charge in [-0.1, -0.05) is 0 Å². The van der Waals surface area contributed by atoms with Crippen molar-refractivity contribution in [1.82, 2.24) is 14.8 Å². The van der Waals surface area contributed by atoms with Crippen molar-refractivity contribution in [1.29, 1.82) is 0 Å². The molecule has 1 aliphatic heterocycles. The third-order valence-electron chi connectivity index (χ3n) is 5.15. The number of anilines is 2. The Balaban J connectivity index is 1.75. The number of carbonyl (C=O) groups excluding carboxylic acids is 1. The first kappa shape index (κ1) is 20.1. The first-order valence-electron chi connectivity index (χ1n) is 9.84. The molecule has 0 aliphatic carbocycles. The maximum atomic E-state index is 13.1. The highest BCUT2D eigenvalue weighted by atomic mass is 127. The van der Waals surface area contributed by atoms with Crippen molar-refractivity contribution in [2.45, 2.75) is 39.3 Å². The fourth-order valence-corrected chi connectivity index (χ4v) is 4.00. The molecule has 0 unspecified atom stereocenters. The molecule has 2 aromatic heterocycles. The number of fused-ring (bicyclic) bond motifs is 1. The van der Waals surface area contributed by atoms with Crippen LogP contribution in [0.2, 0.25) is 0 Å². The Kier molecular flexibility index (Phi) is 6.00. The lowest BCUT2D eigenvalue weighted by Gasteiger charge is -2.25. The molecule has 1 aliphatic rings. The van der Waals surface area contributed by atoms with Crippen LogP contribution in [0.5, 0.6) is 0 Å². The molecule has 0 spiro atoms. The monoisotopic (exact) mass is 505 g/mol. The fraction of sp³-hybridized carbons (Fsp3) is 0.381. The van der Waals surface area contributed by atoms with E-state index in [1.54, 1.807) is 6.20 Å². The van der Waals surface area contributed by atoms with Gasteiger partial charge in [-0.25, -0.2) is 9.67 Å². The fourth-order valence-electron chi connectivity index (χ4n) is 3.64. The summed E-state index contributed by atoms with van der Waals surface area (Å²) in [6.07, 6.45) is 3.46. The summed E-state index contributed by atoms with van der Waals surface area (Å²) in [5.74, 6) is -0.182. The molecule has 0 bridgehead atoms. The number of amides is 1. The Morgan fingerprint density at radius 1 is 1.28 bits per heavy atom. The van der Waals surface area contributed by atoms with Crippen LogP contribution >= 0.6 is 22.6 Å². The largest absolute Gasteiger partial charge is 0.381 e.